The summed E-state index contributed by atoms with van der Waals surface area (Å²) in [7, 11) is 0. The second-order valence-corrected chi connectivity index (χ2v) is 5.20. The van der Waals surface area contributed by atoms with E-state index in [0.717, 1.165) is 18.5 Å². The number of aliphatic hydroxyl groups excluding tert-OH is 1. The van der Waals surface area contributed by atoms with E-state index >= 15 is 0 Å². The highest BCUT2D eigenvalue weighted by Gasteiger charge is 2.27. The molecule has 19 heavy (non-hydrogen) atoms. The molecule has 1 aromatic heterocycles. The molecule has 0 spiro atoms. The molecule has 106 valence electrons. The predicted octanol–water partition coefficient (Wildman–Crippen LogP) is 1.46. The summed E-state index contributed by atoms with van der Waals surface area (Å²) < 4.78 is 5.16. The second kappa shape index (κ2) is 6.06. The first-order valence-corrected chi connectivity index (χ1v) is 6.72. The maximum absolute atomic E-state index is 12.0. The van der Waals surface area contributed by atoms with Crippen molar-refractivity contribution < 1.29 is 14.4 Å². The van der Waals surface area contributed by atoms with Gasteiger partial charge in [0.25, 0.3) is 0 Å². The average Bonchev–Trinajstić information content (AvgIpc) is 3.04. The Kier molecular flexibility index (Phi) is 4.42. The van der Waals surface area contributed by atoms with Crippen LogP contribution in [0.3, 0.4) is 0 Å². The number of rotatable bonds is 4. The lowest BCUT2D eigenvalue weighted by Gasteiger charge is -2.22. The van der Waals surface area contributed by atoms with Crippen LogP contribution >= 0.6 is 0 Å². The normalized spacial score (nSPS) is 19.2. The number of aliphatic hydroxyl groups is 1. The minimum absolute atomic E-state index is 0.0211. The average molecular weight is 267 g/mol. The molecule has 1 aromatic rings. The highest BCUT2D eigenvalue weighted by atomic mass is 16.5. The fourth-order valence-electron chi connectivity index (χ4n) is 2.24. The molecule has 1 atom stereocenters. The third kappa shape index (κ3) is 3.26. The van der Waals surface area contributed by atoms with Gasteiger partial charge in [0, 0.05) is 12.6 Å². The van der Waals surface area contributed by atoms with Gasteiger partial charge in [-0.25, -0.2) is 4.79 Å². The molecule has 1 saturated heterocycles. The van der Waals surface area contributed by atoms with Gasteiger partial charge < -0.3 is 19.8 Å². The summed E-state index contributed by atoms with van der Waals surface area (Å²) in [6.07, 6.45) is 1.81. The van der Waals surface area contributed by atoms with Gasteiger partial charge >= 0.3 is 6.03 Å². The maximum atomic E-state index is 12.0. The third-order valence-corrected chi connectivity index (χ3v) is 3.43. The summed E-state index contributed by atoms with van der Waals surface area (Å²) in [4.78, 5) is 13.7. The van der Waals surface area contributed by atoms with Gasteiger partial charge in [-0.15, -0.1) is 0 Å². The lowest BCUT2D eigenvalue weighted by molar-refractivity contribution is 0.156. The van der Waals surface area contributed by atoms with Crippen molar-refractivity contribution >= 4 is 6.03 Å². The van der Waals surface area contributed by atoms with E-state index in [4.69, 9.17) is 4.52 Å². The van der Waals surface area contributed by atoms with Crippen LogP contribution in [-0.4, -0.2) is 40.4 Å². The Morgan fingerprint density at radius 1 is 1.68 bits per heavy atom. The van der Waals surface area contributed by atoms with Crippen molar-refractivity contribution in [1.82, 2.24) is 15.4 Å². The van der Waals surface area contributed by atoms with Gasteiger partial charge in [-0.2, -0.15) is 0 Å². The molecule has 2 heterocycles. The largest absolute Gasteiger partial charge is 0.394 e. The maximum Gasteiger partial charge on any atom is 0.318 e. The smallest absolute Gasteiger partial charge is 0.318 e. The minimum Gasteiger partial charge on any atom is -0.394 e. The Morgan fingerprint density at radius 2 is 2.47 bits per heavy atom. The zero-order valence-electron chi connectivity index (χ0n) is 11.4. The molecule has 2 rings (SSSR count). The van der Waals surface area contributed by atoms with E-state index < -0.39 is 0 Å². The van der Waals surface area contributed by atoms with E-state index in [1.165, 1.54) is 0 Å². The molecule has 0 bridgehead atoms. The van der Waals surface area contributed by atoms with E-state index in [2.05, 4.69) is 10.5 Å². The molecule has 1 unspecified atom stereocenters. The third-order valence-electron chi connectivity index (χ3n) is 3.43. The molecule has 0 aromatic carbocycles. The quantitative estimate of drug-likeness (QED) is 0.865. The fraction of sp³-hybridized carbons (Fsp3) is 0.692. The van der Waals surface area contributed by atoms with Crippen LogP contribution in [0, 0.1) is 0 Å². The summed E-state index contributed by atoms with van der Waals surface area (Å²) >= 11 is 0. The van der Waals surface area contributed by atoms with Gasteiger partial charge in [-0.05, 0) is 18.8 Å². The van der Waals surface area contributed by atoms with Crippen LogP contribution in [0.1, 0.15) is 44.1 Å². The lowest BCUT2D eigenvalue weighted by atomic mass is 10.1. The van der Waals surface area contributed by atoms with Crippen LogP contribution in [0.2, 0.25) is 0 Å². The molecule has 1 aliphatic rings. The molecule has 0 radical (unpaired) electrons. The second-order valence-electron chi connectivity index (χ2n) is 5.20. The highest BCUT2D eigenvalue weighted by molar-refractivity contribution is 5.74. The SMILES string of the molecule is CC(C)c1cc(CNC(=O)N2CCCC2CO)on1. The van der Waals surface area contributed by atoms with E-state index in [-0.39, 0.29) is 18.7 Å². The number of carbonyl (C=O) groups excluding carboxylic acids is 1. The summed E-state index contributed by atoms with van der Waals surface area (Å²) in [6, 6.07) is 1.65. The molecule has 2 N–H and O–H groups in total. The van der Waals surface area contributed by atoms with Crippen LogP contribution in [0.25, 0.3) is 0 Å². The lowest BCUT2D eigenvalue weighted by Crippen LogP contribution is -2.43. The number of hydrogen-bond acceptors (Lipinski definition) is 4. The number of nitrogens with one attached hydrogen (secondary N) is 1. The summed E-state index contributed by atoms with van der Waals surface area (Å²) in [6.45, 7) is 5.12. The van der Waals surface area contributed by atoms with Crippen LogP contribution in [0.4, 0.5) is 4.79 Å². The van der Waals surface area contributed by atoms with Crippen molar-refractivity contribution in [2.24, 2.45) is 0 Å². The molecule has 1 fully saturated rings. The minimum atomic E-state index is -0.154. The number of carbonyl (C=O) groups is 1. The van der Waals surface area contributed by atoms with Crippen molar-refractivity contribution in [2.45, 2.75) is 45.2 Å². The van der Waals surface area contributed by atoms with E-state index in [1.54, 1.807) is 4.90 Å². The first-order chi connectivity index (χ1) is 9.11. The summed E-state index contributed by atoms with van der Waals surface area (Å²) in [5.41, 5.74) is 0.888. The van der Waals surface area contributed by atoms with Crippen molar-refractivity contribution in [1.29, 1.82) is 0 Å². The molecule has 2 amide bonds. The zero-order valence-corrected chi connectivity index (χ0v) is 11.4. The Morgan fingerprint density at radius 3 is 3.11 bits per heavy atom. The zero-order chi connectivity index (χ0) is 13.8. The van der Waals surface area contributed by atoms with Crippen molar-refractivity contribution in [3.8, 4) is 0 Å². The van der Waals surface area contributed by atoms with Crippen LogP contribution in [0.15, 0.2) is 10.6 Å². The van der Waals surface area contributed by atoms with Gasteiger partial charge in [-0.3, -0.25) is 0 Å². The van der Waals surface area contributed by atoms with Crippen molar-refractivity contribution in [3.05, 3.63) is 17.5 Å². The Bertz CT molecular complexity index is 431. The molecule has 1 aliphatic heterocycles. The Balaban J connectivity index is 1.85. The first kappa shape index (κ1) is 13.9. The Labute approximate surface area is 112 Å². The Hall–Kier alpha value is -1.56. The van der Waals surface area contributed by atoms with Gasteiger partial charge in [0.05, 0.1) is 24.9 Å². The van der Waals surface area contributed by atoms with Gasteiger partial charge in [-0.1, -0.05) is 19.0 Å². The molecular weight excluding hydrogens is 246 g/mol. The first-order valence-electron chi connectivity index (χ1n) is 6.72. The summed E-state index contributed by atoms with van der Waals surface area (Å²) in [5.74, 6) is 0.961. The monoisotopic (exact) mass is 267 g/mol. The van der Waals surface area contributed by atoms with Gasteiger partial charge in [0.2, 0.25) is 0 Å². The van der Waals surface area contributed by atoms with Crippen molar-refractivity contribution in [2.75, 3.05) is 13.2 Å². The topological polar surface area (TPSA) is 78.6 Å². The van der Waals surface area contributed by atoms with Crippen LogP contribution in [0.5, 0.6) is 0 Å². The molecule has 6 nitrogen and oxygen atoms in total. The number of amides is 2. The number of nitrogens with zero attached hydrogens (tertiary/aromatic N) is 2. The predicted molar refractivity (Wildman–Crippen MR) is 69.6 cm³/mol. The van der Waals surface area contributed by atoms with Crippen LogP contribution < -0.4 is 5.32 Å². The fourth-order valence-corrected chi connectivity index (χ4v) is 2.24. The van der Waals surface area contributed by atoms with Crippen LogP contribution in [-0.2, 0) is 6.54 Å². The van der Waals surface area contributed by atoms with Gasteiger partial charge in [0.15, 0.2) is 5.76 Å². The molecule has 6 heteroatoms. The molecule has 0 saturated carbocycles. The number of urea groups is 1. The number of aromatic nitrogens is 1. The highest BCUT2D eigenvalue weighted by Crippen LogP contribution is 2.17. The summed E-state index contributed by atoms with van der Waals surface area (Å²) in [5, 5.41) is 15.9. The van der Waals surface area contributed by atoms with E-state index in [1.807, 2.05) is 19.9 Å². The van der Waals surface area contributed by atoms with Gasteiger partial charge in [0.1, 0.15) is 0 Å². The number of hydrogen-bond donors (Lipinski definition) is 2. The molecule has 0 aliphatic carbocycles. The molecular formula is C13H21N3O3. The standard InChI is InChI=1S/C13H21N3O3/c1-9(2)12-6-11(19-15-12)7-14-13(18)16-5-3-4-10(16)8-17/h6,9-10,17H,3-5,7-8H2,1-2H3,(H,14,18). The van der Waals surface area contributed by atoms with E-state index in [9.17, 15) is 9.90 Å². The van der Waals surface area contributed by atoms with E-state index in [0.29, 0.717) is 24.8 Å². The van der Waals surface area contributed by atoms with Crippen molar-refractivity contribution in [3.63, 3.8) is 0 Å². The number of likely N-dealkylation sites (tertiary alicyclic amines) is 1.